The van der Waals surface area contributed by atoms with E-state index in [0.29, 0.717) is 5.69 Å². The lowest BCUT2D eigenvalue weighted by Crippen LogP contribution is -1.60. The Morgan fingerprint density at radius 2 is 2.18 bits per heavy atom. The third kappa shape index (κ3) is 0.883. The second-order valence-electron chi connectivity index (χ2n) is 2.22. The average Bonchev–Trinajstić information content (AvgIpc) is 2.50. The molecule has 1 aromatic heterocycles. The van der Waals surface area contributed by atoms with Crippen molar-refractivity contribution in [2.45, 2.75) is 0 Å². The van der Waals surface area contributed by atoms with Crippen molar-refractivity contribution in [3.63, 3.8) is 0 Å². The third-order valence-electron chi connectivity index (χ3n) is 1.57. The number of fused-ring (bicyclic) bond motifs is 1. The lowest BCUT2D eigenvalue weighted by Gasteiger charge is -1.80. The molecule has 0 aliphatic heterocycles. The Balaban J connectivity index is 2.92. The molecular formula is C8H5N2S+. The molecule has 0 bridgehead atoms. The molecule has 2 aromatic rings. The van der Waals surface area contributed by atoms with E-state index < -0.39 is 0 Å². The van der Waals surface area contributed by atoms with Crippen molar-refractivity contribution < 1.29 is 0 Å². The van der Waals surface area contributed by atoms with E-state index in [9.17, 15) is 0 Å². The lowest BCUT2D eigenvalue weighted by molar-refractivity contribution is 1.48. The van der Waals surface area contributed by atoms with Crippen LogP contribution in [0, 0.1) is 5.39 Å². The van der Waals surface area contributed by atoms with Gasteiger partial charge in [-0.1, -0.05) is 12.1 Å². The van der Waals surface area contributed by atoms with E-state index in [4.69, 9.17) is 5.39 Å². The van der Waals surface area contributed by atoms with Crippen LogP contribution in [-0.4, -0.2) is 0 Å². The first-order chi connectivity index (χ1) is 5.42. The third-order valence-corrected chi connectivity index (χ3v) is 2.52. The molecule has 0 unspecified atom stereocenters. The van der Waals surface area contributed by atoms with Gasteiger partial charge in [0.2, 0.25) is 5.39 Å². The maximum atomic E-state index is 8.59. The highest BCUT2D eigenvalue weighted by Gasteiger charge is 2.10. The molecule has 52 valence electrons. The quantitative estimate of drug-likeness (QED) is 0.544. The van der Waals surface area contributed by atoms with E-state index in [1.54, 1.807) is 17.4 Å². The largest absolute Gasteiger partial charge is 0.402 e. The molecule has 3 heteroatoms. The summed E-state index contributed by atoms with van der Waals surface area (Å²) >= 11 is 1.58. The van der Waals surface area contributed by atoms with Gasteiger partial charge in [-0.3, -0.25) is 0 Å². The predicted octanol–water partition coefficient (Wildman–Crippen LogP) is 3.39. The summed E-state index contributed by atoms with van der Waals surface area (Å²) in [5.41, 5.74) is 0.650. The molecule has 0 radical (unpaired) electrons. The number of hydrogen-bond donors (Lipinski definition) is 0. The van der Waals surface area contributed by atoms with Crippen molar-refractivity contribution in [3.05, 3.63) is 34.6 Å². The second kappa shape index (κ2) is 2.33. The first-order valence-corrected chi connectivity index (χ1v) is 4.11. The molecule has 1 aromatic carbocycles. The lowest BCUT2D eigenvalue weighted by atomic mass is 10.2. The van der Waals surface area contributed by atoms with Gasteiger partial charge in [0, 0.05) is 11.5 Å². The summed E-state index contributed by atoms with van der Waals surface area (Å²) in [7, 11) is 0. The van der Waals surface area contributed by atoms with Crippen molar-refractivity contribution in [1.29, 1.82) is 5.39 Å². The summed E-state index contributed by atoms with van der Waals surface area (Å²) < 4.78 is 1.04. The Hall–Kier alpha value is -1.40. The van der Waals surface area contributed by atoms with Crippen LogP contribution in [0.15, 0.2) is 29.6 Å². The first kappa shape index (κ1) is 6.32. The first-order valence-electron chi connectivity index (χ1n) is 3.23. The van der Waals surface area contributed by atoms with Crippen LogP contribution < -0.4 is 0 Å². The highest BCUT2D eigenvalue weighted by atomic mass is 32.1. The zero-order valence-corrected chi connectivity index (χ0v) is 6.51. The second-order valence-corrected chi connectivity index (χ2v) is 3.13. The highest BCUT2D eigenvalue weighted by Crippen LogP contribution is 2.30. The number of diazo groups is 1. The van der Waals surface area contributed by atoms with Gasteiger partial charge in [-0.25, -0.2) is 0 Å². The van der Waals surface area contributed by atoms with Crippen molar-refractivity contribution in [2.24, 2.45) is 0 Å². The molecule has 0 N–H and O–H groups in total. The van der Waals surface area contributed by atoms with E-state index in [2.05, 4.69) is 4.98 Å². The minimum Gasteiger partial charge on any atom is -0.136 e. The molecule has 0 atom stereocenters. The molecule has 0 amide bonds. The molecule has 1 heterocycles. The topological polar surface area (TPSA) is 28.1 Å². The smallest absolute Gasteiger partial charge is 0.136 e. The van der Waals surface area contributed by atoms with E-state index in [1.807, 2.05) is 23.6 Å². The fourth-order valence-electron chi connectivity index (χ4n) is 1.06. The van der Waals surface area contributed by atoms with Crippen LogP contribution >= 0.6 is 11.3 Å². The van der Waals surface area contributed by atoms with Crippen molar-refractivity contribution in [1.82, 2.24) is 0 Å². The zero-order chi connectivity index (χ0) is 7.68. The van der Waals surface area contributed by atoms with Crippen LogP contribution in [0.5, 0.6) is 0 Å². The monoisotopic (exact) mass is 161 g/mol. The molecule has 2 nitrogen and oxygen atoms in total. The number of hydrogen-bond acceptors (Lipinski definition) is 2. The van der Waals surface area contributed by atoms with E-state index in [0.717, 1.165) is 10.1 Å². The molecule has 11 heavy (non-hydrogen) atoms. The predicted molar refractivity (Wildman–Crippen MR) is 46.6 cm³/mol. The Morgan fingerprint density at radius 1 is 1.27 bits per heavy atom. The van der Waals surface area contributed by atoms with Crippen LogP contribution in [0.4, 0.5) is 5.69 Å². The fourth-order valence-corrected chi connectivity index (χ4v) is 1.91. The molecule has 0 saturated carbocycles. The number of benzene rings is 1. The van der Waals surface area contributed by atoms with Crippen LogP contribution in [0.1, 0.15) is 0 Å². The van der Waals surface area contributed by atoms with Crippen LogP contribution in [0.25, 0.3) is 15.1 Å². The van der Waals surface area contributed by atoms with Gasteiger partial charge < -0.3 is 0 Å². The Morgan fingerprint density at radius 3 is 3.00 bits per heavy atom. The molecule has 0 fully saturated rings. The minimum absolute atomic E-state index is 0.650. The Labute approximate surface area is 67.7 Å². The maximum absolute atomic E-state index is 8.59. The van der Waals surface area contributed by atoms with Gasteiger partial charge >= 0.3 is 5.69 Å². The van der Waals surface area contributed by atoms with E-state index >= 15 is 0 Å². The van der Waals surface area contributed by atoms with Gasteiger partial charge in [-0.05, 0) is 11.4 Å². The van der Waals surface area contributed by atoms with Crippen LogP contribution in [-0.2, 0) is 0 Å². The molecule has 2 rings (SSSR count). The van der Waals surface area contributed by atoms with Crippen LogP contribution in [0.2, 0.25) is 0 Å². The SMILES string of the molecule is N#[N+]c1cccc2ccsc12. The highest BCUT2D eigenvalue weighted by molar-refractivity contribution is 7.17. The van der Waals surface area contributed by atoms with Crippen molar-refractivity contribution in [2.75, 3.05) is 0 Å². The van der Waals surface area contributed by atoms with Gasteiger partial charge in [0.15, 0.2) is 4.98 Å². The number of nitrogens with zero attached hydrogens (tertiary/aromatic N) is 2. The zero-order valence-electron chi connectivity index (χ0n) is 5.69. The summed E-state index contributed by atoms with van der Waals surface area (Å²) in [4.78, 5) is 3.18. The minimum atomic E-state index is 0.650. The van der Waals surface area contributed by atoms with Crippen molar-refractivity contribution >= 4 is 27.1 Å². The van der Waals surface area contributed by atoms with Crippen molar-refractivity contribution in [3.8, 4) is 0 Å². The van der Waals surface area contributed by atoms with Gasteiger partial charge in [-0.15, -0.1) is 11.3 Å². The van der Waals surface area contributed by atoms with Crippen LogP contribution in [0.3, 0.4) is 0 Å². The molecule has 0 spiro atoms. The Kier molecular flexibility index (Phi) is 1.34. The summed E-state index contributed by atoms with van der Waals surface area (Å²) in [5, 5.41) is 11.7. The standard InChI is InChI=1S/C8H5N2S/c9-10-7-3-1-2-6-4-5-11-8(6)7/h1-5H/q+1. The molecule has 0 saturated heterocycles. The van der Waals surface area contributed by atoms with E-state index in [1.165, 1.54) is 0 Å². The molecule has 0 aliphatic carbocycles. The van der Waals surface area contributed by atoms with Gasteiger partial charge in [0.05, 0.1) is 0 Å². The molecular weight excluding hydrogens is 156 g/mol. The van der Waals surface area contributed by atoms with Gasteiger partial charge in [0.1, 0.15) is 4.70 Å². The summed E-state index contributed by atoms with van der Waals surface area (Å²) in [6.45, 7) is 0. The number of rotatable bonds is 0. The molecule has 0 aliphatic rings. The van der Waals surface area contributed by atoms with Gasteiger partial charge in [0.25, 0.3) is 0 Å². The normalized spacial score (nSPS) is 9.73. The average molecular weight is 161 g/mol. The summed E-state index contributed by atoms with van der Waals surface area (Å²) in [5.74, 6) is 0. The fraction of sp³-hybridized carbons (Fsp3) is 0. The summed E-state index contributed by atoms with van der Waals surface area (Å²) in [6, 6.07) is 7.68. The summed E-state index contributed by atoms with van der Waals surface area (Å²) in [6.07, 6.45) is 0. The van der Waals surface area contributed by atoms with Gasteiger partial charge in [-0.2, -0.15) is 0 Å². The number of thiophene rings is 1. The Bertz CT molecular complexity index is 425. The maximum Gasteiger partial charge on any atom is 0.402 e. The van der Waals surface area contributed by atoms with E-state index in [-0.39, 0.29) is 0 Å².